The van der Waals surface area contributed by atoms with E-state index in [9.17, 15) is 13.2 Å². The maximum absolute atomic E-state index is 10.7. The Hall–Kier alpha value is -0.660. The lowest BCUT2D eigenvalue weighted by Gasteiger charge is -2.10. The smallest absolute Gasteiger partial charge is 0.304 e. The SMILES string of the molecule is CC(CC(=O)O)NCCCNS(C)(=O)=O. The van der Waals surface area contributed by atoms with Gasteiger partial charge in [0, 0.05) is 12.6 Å². The van der Waals surface area contributed by atoms with Crippen LogP contribution in [0, 0.1) is 0 Å². The van der Waals surface area contributed by atoms with Crippen molar-refractivity contribution in [2.24, 2.45) is 0 Å². The Morgan fingerprint density at radius 1 is 1.40 bits per heavy atom. The highest BCUT2D eigenvalue weighted by molar-refractivity contribution is 7.88. The summed E-state index contributed by atoms with van der Waals surface area (Å²) in [6, 6.07) is -0.0965. The highest BCUT2D eigenvalue weighted by Crippen LogP contribution is 1.90. The van der Waals surface area contributed by atoms with Crippen LogP contribution in [0.5, 0.6) is 0 Å². The minimum atomic E-state index is -3.12. The van der Waals surface area contributed by atoms with Gasteiger partial charge in [0.05, 0.1) is 12.7 Å². The molecule has 0 fully saturated rings. The maximum Gasteiger partial charge on any atom is 0.304 e. The molecule has 0 aromatic carbocycles. The van der Waals surface area contributed by atoms with Gasteiger partial charge in [-0.15, -0.1) is 0 Å². The van der Waals surface area contributed by atoms with Crippen LogP contribution >= 0.6 is 0 Å². The fourth-order valence-corrected chi connectivity index (χ4v) is 1.54. The Morgan fingerprint density at radius 3 is 2.47 bits per heavy atom. The van der Waals surface area contributed by atoms with E-state index in [4.69, 9.17) is 5.11 Å². The molecule has 0 aliphatic carbocycles. The van der Waals surface area contributed by atoms with Gasteiger partial charge >= 0.3 is 5.97 Å². The van der Waals surface area contributed by atoms with E-state index in [0.29, 0.717) is 19.5 Å². The molecule has 0 aliphatic rings. The highest BCUT2D eigenvalue weighted by Gasteiger charge is 2.06. The fraction of sp³-hybridized carbons (Fsp3) is 0.875. The fourth-order valence-electron chi connectivity index (χ4n) is 1.03. The number of carboxylic acids is 1. The third-order valence-corrected chi connectivity index (χ3v) is 2.42. The average Bonchev–Trinajstić information content (AvgIpc) is 1.99. The zero-order valence-electron chi connectivity index (χ0n) is 8.99. The summed E-state index contributed by atoms with van der Waals surface area (Å²) in [4.78, 5) is 10.3. The second-order valence-electron chi connectivity index (χ2n) is 3.47. The summed E-state index contributed by atoms with van der Waals surface area (Å²) in [6.07, 6.45) is 1.81. The predicted molar refractivity (Wildman–Crippen MR) is 57.2 cm³/mol. The van der Waals surface area contributed by atoms with Crippen LogP contribution in [-0.2, 0) is 14.8 Å². The molecule has 3 N–H and O–H groups in total. The summed E-state index contributed by atoms with van der Waals surface area (Å²) >= 11 is 0. The second-order valence-corrected chi connectivity index (χ2v) is 5.31. The second kappa shape index (κ2) is 6.76. The lowest BCUT2D eigenvalue weighted by Crippen LogP contribution is -2.32. The molecular formula is C8H18N2O4S. The molecule has 0 aromatic rings. The van der Waals surface area contributed by atoms with Crippen LogP contribution in [-0.4, -0.2) is 44.9 Å². The number of aliphatic carboxylic acids is 1. The molecule has 0 saturated carbocycles. The Balaban J connectivity index is 3.43. The summed E-state index contributed by atoms with van der Waals surface area (Å²) < 4.78 is 23.7. The Bertz CT molecular complexity index is 289. The lowest BCUT2D eigenvalue weighted by molar-refractivity contribution is -0.137. The van der Waals surface area contributed by atoms with Crippen LogP contribution in [0.3, 0.4) is 0 Å². The maximum atomic E-state index is 10.7. The van der Waals surface area contributed by atoms with Crippen molar-refractivity contribution >= 4 is 16.0 Å². The lowest BCUT2D eigenvalue weighted by atomic mass is 10.2. The van der Waals surface area contributed by atoms with Crippen molar-refractivity contribution in [1.82, 2.24) is 10.0 Å². The molecule has 15 heavy (non-hydrogen) atoms. The number of hydrogen-bond donors (Lipinski definition) is 3. The van der Waals surface area contributed by atoms with E-state index < -0.39 is 16.0 Å². The first-order valence-corrected chi connectivity index (χ1v) is 6.60. The van der Waals surface area contributed by atoms with Gasteiger partial charge in [-0.2, -0.15) is 0 Å². The summed E-state index contributed by atoms with van der Waals surface area (Å²) in [7, 11) is -3.12. The van der Waals surface area contributed by atoms with Gasteiger partial charge in [-0.3, -0.25) is 4.79 Å². The number of hydrogen-bond acceptors (Lipinski definition) is 4. The minimum absolute atomic E-state index is 0.0690. The highest BCUT2D eigenvalue weighted by atomic mass is 32.2. The summed E-state index contributed by atoms with van der Waals surface area (Å²) in [6.45, 7) is 2.74. The Kier molecular flexibility index (Phi) is 6.46. The molecule has 90 valence electrons. The summed E-state index contributed by atoms with van der Waals surface area (Å²) in [5.74, 6) is -0.843. The predicted octanol–water partition coefficient (Wildman–Crippen LogP) is -0.621. The molecule has 0 rings (SSSR count). The molecule has 0 aliphatic heterocycles. The minimum Gasteiger partial charge on any atom is -0.481 e. The van der Waals surface area contributed by atoms with E-state index in [0.717, 1.165) is 6.26 Å². The number of rotatable bonds is 8. The average molecular weight is 238 g/mol. The van der Waals surface area contributed by atoms with Crippen molar-refractivity contribution < 1.29 is 18.3 Å². The standard InChI is InChI=1S/C8H18N2O4S/c1-7(6-8(11)12)9-4-3-5-10-15(2,13)14/h7,9-10H,3-6H2,1-2H3,(H,11,12). The summed E-state index contributed by atoms with van der Waals surface area (Å²) in [5, 5.41) is 11.4. The van der Waals surface area contributed by atoms with Crippen LogP contribution in [0.1, 0.15) is 19.8 Å². The molecule has 1 unspecified atom stereocenters. The monoisotopic (exact) mass is 238 g/mol. The normalized spacial score (nSPS) is 13.7. The molecule has 0 bridgehead atoms. The van der Waals surface area contributed by atoms with Gasteiger partial charge in [0.1, 0.15) is 0 Å². The van der Waals surface area contributed by atoms with E-state index in [1.54, 1.807) is 6.92 Å². The van der Waals surface area contributed by atoms with Gasteiger partial charge in [0.15, 0.2) is 0 Å². The molecular weight excluding hydrogens is 220 g/mol. The van der Waals surface area contributed by atoms with Crippen molar-refractivity contribution in [3.63, 3.8) is 0 Å². The van der Waals surface area contributed by atoms with Crippen LogP contribution in [0.4, 0.5) is 0 Å². The van der Waals surface area contributed by atoms with Gasteiger partial charge < -0.3 is 10.4 Å². The third-order valence-electron chi connectivity index (χ3n) is 1.69. The van der Waals surface area contributed by atoms with E-state index in [-0.39, 0.29) is 12.5 Å². The molecule has 7 heteroatoms. The first kappa shape index (κ1) is 14.3. The molecule has 0 aromatic heterocycles. The van der Waals surface area contributed by atoms with Crippen LogP contribution in [0.25, 0.3) is 0 Å². The van der Waals surface area contributed by atoms with Crippen LogP contribution < -0.4 is 10.0 Å². The molecule has 1 atom stereocenters. The number of nitrogens with one attached hydrogen (secondary N) is 2. The van der Waals surface area contributed by atoms with Gasteiger partial charge in [0.2, 0.25) is 10.0 Å². The molecule has 0 spiro atoms. The van der Waals surface area contributed by atoms with Crippen molar-refractivity contribution in [2.45, 2.75) is 25.8 Å². The molecule has 0 radical (unpaired) electrons. The van der Waals surface area contributed by atoms with Crippen molar-refractivity contribution in [1.29, 1.82) is 0 Å². The van der Waals surface area contributed by atoms with E-state index in [2.05, 4.69) is 10.0 Å². The number of carboxylic acid groups (broad SMARTS) is 1. The number of sulfonamides is 1. The first-order valence-electron chi connectivity index (χ1n) is 4.71. The molecule has 0 heterocycles. The summed E-state index contributed by atoms with van der Waals surface area (Å²) in [5.41, 5.74) is 0. The van der Waals surface area contributed by atoms with Crippen LogP contribution in [0.2, 0.25) is 0 Å². The zero-order valence-corrected chi connectivity index (χ0v) is 9.80. The number of carbonyl (C=O) groups is 1. The van der Waals surface area contributed by atoms with E-state index >= 15 is 0 Å². The van der Waals surface area contributed by atoms with E-state index in [1.807, 2.05) is 0 Å². The zero-order chi connectivity index (χ0) is 11.9. The quantitative estimate of drug-likeness (QED) is 0.490. The molecule has 0 saturated heterocycles. The first-order chi connectivity index (χ1) is 6.81. The van der Waals surface area contributed by atoms with Crippen molar-refractivity contribution in [2.75, 3.05) is 19.3 Å². The van der Waals surface area contributed by atoms with Crippen LogP contribution in [0.15, 0.2) is 0 Å². The Labute approximate surface area is 90.1 Å². The molecule has 0 amide bonds. The van der Waals surface area contributed by atoms with Crippen molar-refractivity contribution in [3.05, 3.63) is 0 Å². The van der Waals surface area contributed by atoms with Crippen molar-refractivity contribution in [3.8, 4) is 0 Å². The topological polar surface area (TPSA) is 95.5 Å². The molecule has 6 nitrogen and oxygen atoms in total. The van der Waals surface area contributed by atoms with Gasteiger partial charge in [-0.1, -0.05) is 0 Å². The van der Waals surface area contributed by atoms with Gasteiger partial charge in [-0.05, 0) is 19.9 Å². The largest absolute Gasteiger partial charge is 0.481 e. The third kappa shape index (κ3) is 11.3. The van der Waals surface area contributed by atoms with E-state index in [1.165, 1.54) is 0 Å². The van der Waals surface area contributed by atoms with Gasteiger partial charge in [-0.25, -0.2) is 13.1 Å². The Morgan fingerprint density at radius 2 is 2.00 bits per heavy atom. The van der Waals surface area contributed by atoms with Gasteiger partial charge in [0.25, 0.3) is 0 Å².